The molecule has 6 N–H and O–H groups in total. The first-order valence-electron chi connectivity index (χ1n) is 19.7. The minimum Gasteiger partial charge on any atom is -0.480 e. The van der Waals surface area contributed by atoms with E-state index >= 15 is 0 Å². The van der Waals surface area contributed by atoms with Crippen LogP contribution in [0.15, 0.2) is 94.2 Å². The molecule has 0 bridgehead atoms. The molecule has 0 fully saturated rings. The molecule has 0 unspecified atom stereocenters. The molecular formula is C42H50N6O14. The van der Waals surface area contributed by atoms with Crippen molar-refractivity contribution in [3.63, 3.8) is 0 Å². The average Bonchev–Trinajstić information content (AvgIpc) is 3.71. The van der Waals surface area contributed by atoms with Gasteiger partial charge in [-0.05, 0) is 23.3 Å². The molecule has 0 aliphatic rings. The SMILES string of the molecule is O=C(O)COCCOCCOCCOCCNC(=O)[C@H](Cc1ccccc1)NC(=O)[C@H](CC(=O)OCc1ccccc1)NC(=O)CCNC(=O)c1ccc(-c2noc(=O)[nH]2)cc1. The summed E-state index contributed by atoms with van der Waals surface area (Å²) in [5.74, 6) is -4.86. The van der Waals surface area contributed by atoms with Gasteiger partial charge in [0.25, 0.3) is 5.91 Å². The zero-order valence-corrected chi connectivity index (χ0v) is 33.8. The van der Waals surface area contributed by atoms with Crippen LogP contribution in [0.4, 0.5) is 0 Å². The number of amides is 4. The minimum absolute atomic E-state index is 0.0689. The number of benzene rings is 3. The number of carbonyl (C=O) groups is 6. The topological polar surface area (TPSA) is 276 Å². The van der Waals surface area contributed by atoms with Crippen LogP contribution in [0.25, 0.3) is 11.4 Å². The van der Waals surface area contributed by atoms with Gasteiger partial charge in [0.15, 0.2) is 5.82 Å². The lowest BCUT2D eigenvalue weighted by atomic mass is 10.0. The van der Waals surface area contributed by atoms with Crippen LogP contribution in [-0.4, -0.2) is 129 Å². The highest BCUT2D eigenvalue weighted by molar-refractivity contribution is 5.96. The fraction of sp³-hybridized carbons (Fsp3) is 0.381. The number of carbonyl (C=O) groups excluding carboxylic acids is 5. The molecule has 3 aromatic carbocycles. The second-order valence-electron chi connectivity index (χ2n) is 13.3. The van der Waals surface area contributed by atoms with E-state index in [1.165, 1.54) is 12.1 Å². The van der Waals surface area contributed by atoms with Gasteiger partial charge in [-0.2, -0.15) is 0 Å². The fourth-order valence-electron chi connectivity index (χ4n) is 5.49. The standard InChI is InChI=1S/C42H50N6O14/c49-35(15-16-43-39(53)32-13-11-31(12-14-32)38-47-42(56)62-48-38)45-34(26-37(52)61-27-30-9-5-2-6-10-30)41(55)46-33(25-29-7-3-1-4-8-29)40(54)44-17-18-57-19-20-58-21-22-59-23-24-60-28-36(50)51/h1-14,33-34H,15-28H2,(H,43,53)(H,44,54)(H,45,49)(H,46,55)(H,50,51)(H,47,48,56)/t33-,34-/m0/s1. The normalized spacial score (nSPS) is 11.8. The highest BCUT2D eigenvalue weighted by Gasteiger charge is 2.29. The number of ether oxygens (including phenoxy) is 5. The summed E-state index contributed by atoms with van der Waals surface area (Å²) in [7, 11) is 0. The molecular weight excluding hydrogens is 812 g/mol. The van der Waals surface area contributed by atoms with Gasteiger partial charge in [0, 0.05) is 37.1 Å². The molecule has 4 aromatic rings. The summed E-state index contributed by atoms with van der Waals surface area (Å²) >= 11 is 0. The number of aromatic amines is 1. The second kappa shape index (κ2) is 27.2. The Balaban J connectivity index is 1.28. The van der Waals surface area contributed by atoms with Crippen molar-refractivity contribution in [2.24, 2.45) is 0 Å². The van der Waals surface area contributed by atoms with Crippen LogP contribution < -0.4 is 27.0 Å². The van der Waals surface area contributed by atoms with Crippen LogP contribution in [0, 0.1) is 0 Å². The summed E-state index contributed by atoms with van der Waals surface area (Å²) < 4.78 is 31.0. The summed E-state index contributed by atoms with van der Waals surface area (Å²) in [6.45, 7) is 1.10. The van der Waals surface area contributed by atoms with Crippen LogP contribution in [0.2, 0.25) is 0 Å². The molecule has 1 heterocycles. The fourth-order valence-corrected chi connectivity index (χ4v) is 5.49. The molecule has 332 valence electrons. The summed E-state index contributed by atoms with van der Waals surface area (Å²) in [6, 6.07) is 21.4. The number of aromatic nitrogens is 2. The maximum atomic E-state index is 13.8. The quantitative estimate of drug-likeness (QED) is 0.0325. The number of hydrogen-bond acceptors (Lipinski definition) is 14. The van der Waals surface area contributed by atoms with Gasteiger partial charge in [-0.3, -0.25) is 33.5 Å². The van der Waals surface area contributed by atoms with Gasteiger partial charge in [-0.15, -0.1) is 0 Å². The van der Waals surface area contributed by atoms with Gasteiger partial charge in [-0.1, -0.05) is 78.0 Å². The van der Waals surface area contributed by atoms with E-state index in [1.807, 2.05) is 6.07 Å². The van der Waals surface area contributed by atoms with Crippen molar-refractivity contribution in [3.05, 3.63) is 112 Å². The van der Waals surface area contributed by atoms with Gasteiger partial charge < -0.3 is 50.1 Å². The van der Waals surface area contributed by atoms with E-state index in [0.29, 0.717) is 11.1 Å². The Hall–Kier alpha value is -6.74. The van der Waals surface area contributed by atoms with Gasteiger partial charge in [0.1, 0.15) is 25.3 Å². The summed E-state index contributed by atoms with van der Waals surface area (Å²) in [6.07, 6.45) is -0.725. The highest BCUT2D eigenvalue weighted by atomic mass is 16.6. The van der Waals surface area contributed by atoms with Crippen LogP contribution in [0.5, 0.6) is 0 Å². The zero-order valence-electron chi connectivity index (χ0n) is 33.8. The second-order valence-corrected chi connectivity index (χ2v) is 13.3. The van der Waals surface area contributed by atoms with Gasteiger partial charge in [0.05, 0.1) is 52.7 Å². The highest BCUT2D eigenvalue weighted by Crippen LogP contribution is 2.14. The molecule has 0 spiro atoms. The molecule has 20 nitrogen and oxygen atoms in total. The van der Waals surface area contributed by atoms with Crippen LogP contribution in [-0.2, 0) is 60.7 Å². The third kappa shape index (κ3) is 18.7. The maximum Gasteiger partial charge on any atom is 0.439 e. The van der Waals surface area contributed by atoms with Crippen molar-refractivity contribution in [1.29, 1.82) is 0 Å². The number of nitrogens with one attached hydrogen (secondary N) is 5. The number of nitrogens with zero attached hydrogens (tertiary/aromatic N) is 1. The van der Waals surface area contributed by atoms with Crippen molar-refractivity contribution >= 4 is 35.6 Å². The molecule has 4 rings (SSSR count). The lowest BCUT2D eigenvalue weighted by Crippen LogP contribution is -2.55. The van der Waals surface area contributed by atoms with E-state index in [1.54, 1.807) is 66.7 Å². The van der Waals surface area contributed by atoms with E-state index in [9.17, 15) is 33.6 Å². The van der Waals surface area contributed by atoms with E-state index in [0.717, 1.165) is 5.56 Å². The lowest BCUT2D eigenvalue weighted by molar-refractivity contribution is -0.147. The Morgan fingerprint density at radius 3 is 1.90 bits per heavy atom. The Bertz CT molecular complexity index is 2060. The number of hydrogen-bond donors (Lipinski definition) is 6. The molecule has 1 aromatic heterocycles. The van der Waals surface area contributed by atoms with Crippen molar-refractivity contribution in [1.82, 2.24) is 31.4 Å². The molecule has 0 saturated heterocycles. The third-order valence-electron chi connectivity index (χ3n) is 8.57. The van der Waals surface area contributed by atoms with Crippen LogP contribution in [0.1, 0.15) is 34.3 Å². The Morgan fingerprint density at radius 1 is 0.677 bits per heavy atom. The van der Waals surface area contributed by atoms with Gasteiger partial charge in [0.2, 0.25) is 17.7 Å². The molecule has 4 amide bonds. The zero-order chi connectivity index (χ0) is 44.4. The smallest absolute Gasteiger partial charge is 0.439 e. The Kier molecular flexibility index (Phi) is 21.0. The van der Waals surface area contributed by atoms with Crippen molar-refractivity contribution in [2.75, 3.05) is 65.9 Å². The van der Waals surface area contributed by atoms with Gasteiger partial charge >= 0.3 is 17.7 Å². The van der Waals surface area contributed by atoms with Gasteiger partial charge in [-0.25, -0.2) is 9.59 Å². The van der Waals surface area contributed by atoms with E-state index in [2.05, 4.69) is 35.9 Å². The Morgan fingerprint density at radius 2 is 1.29 bits per heavy atom. The molecule has 20 heteroatoms. The van der Waals surface area contributed by atoms with E-state index in [-0.39, 0.29) is 90.2 Å². The molecule has 62 heavy (non-hydrogen) atoms. The number of rotatable bonds is 29. The third-order valence-corrected chi connectivity index (χ3v) is 8.57. The maximum absolute atomic E-state index is 13.8. The molecule has 0 aliphatic carbocycles. The van der Waals surface area contributed by atoms with Crippen LogP contribution >= 0.6 is 0 Å². The average molecular weight is 863 g/mol. The first-order chi connectivity index (χ1) is 30.1. The van der Waals surface area contributed by atoms with E-state index < -0.39 is 66.4 Å². The minimum atomic E-state index is -1.44. The van der Waals surface area contributed by atoms with Crippen molar-refractivity contribution < 1.29 is 62.1 Å². The predicted octanol–water partition coefficient (Wildman–Crippen LogP) is 0.763. The Labute approximate surface area is 356 Å². The lowest BCUT2D eigenvalue weighted by Gasteiger charge is -2.23. The number of carboxylic acid groups (broad SMARTS) is 1. The predicted molar refractivity (Wildman–Crippen MR) is 218 cm³/mol. The van der Waals surface area contributed by atoms with Crippen LogP contribution in [0.3, 0.4) is 0 Å². The first kappa shape index (κ1) is 47.9. The summed E-state index contributed by atoms with van der Waals surface area (Å²) in [5, 5.41) is 22.7. The molecule has 2 atom stereocenters. The number of H-pyrrole nitrogens is 1. The number of esters is 1. The molecule has 0 aliphatic heterocycles. The van der Waals surface area contributed by atoms with Crippen molar-refractivity contribution in [3.8, 4) is 11.4 Å². The monoisotopic (exact) mass is 862 g/mol. The number of aliphatic carboxylic acids is 1. The van der Waals surface area contributed by atoms with Crippen molar-refractivity contribution in [2.45, 2.75) is 38.0 Å². The van der Waals surface area contributed by atoms with E-state index in [4.69, 9.17) is 28.8 Å². The summed E-state index contributed by atoms with van der Waals surface area (Å²) in [4.78, 5) is 90.3. The number of carboxylic acids is 1. The molecule has 0 saturated carbocycles. The molecule has 0 radical (unpaired) electrons. The largest absolute Gasteiger partial charge is 0.480 e. The first-order valence-corrected chi connectivity index (χ1v) is 19.7. The summed E-state index contributed by atoms with van der Waals surface area (Å²) in [5.41, 5.74) is 2.22.